The number of rotatable bonds is 3. The van der Waals surface area contributed by atoms with E-state index in [1.165, 1.54) is 18.2 Å². The largest absolute Gasteiger partial charge is 0.508 e. The van der Waals surface area contributed by atoms with E-state index in [-0.39, 0.29) is 33.9 Å². The lowest BCUT2D eigenvalue weighted by molar-refractivity contribution is -0.139. The lowest BCUT2D eigenvalue weighted by Crippen LogP contribution is -2.64. The lowest BCUT2D eigenvalue weighted by atomic mass is 9.61. The van der Waals surface area contributed by atoms with Crippen molar-refractivity contribution in [1.29, 1.82) is 0 Å². The summed E-state index contributed by atoms with van der Waals surface area (Å²) in [5.41, 5.74) is -0.324. The Labute approximate surface area is 180 Å². The molecule has 1 aliphatic carbocycles. The zero-order valence-electron chi connectivity index (χ0n) is 16.9. The van der Waals surface area contributed by atoms with Gasteiger partial charge in [-0.25, -0.2) is 4.98 Å². The number of phenols is 1. The Balaban J connectivity index is 1.42. The van der Waals surface area contributed by atoms with Crippen molar-refractivity contribution in [2.24, 2.45) is 5.92 Å². The summed E-state index contributed by atoms with van der Waals surface area (Å²) in [5.74, 6) is -0.161. The molecular weight excluding hydrogens is 423 g/mol. The minimum atomic E-state index is -4.71. The number of H-pyrrole nitrogens is 1. The van der Waals surface area contributed by atoms with Crippen LogP contribution in [0.4, 0.5) is 13.2 Å². The highest BCUT2D eigenvalue weighted by molar-refractivity contribution is 6.07. The summed E-state index contributed by atoms with van der Waals surface area (Å²) >= 11 is 0. The highest BCUT2D eigenvalue weighted by atomic mass is 19.4. The van der Waals surface area contributed by atoms with Crippen LogP contribution in [0, 0.1) is 5.92 Å². The maximum absolute atomic E-state index is 13.6. The summed E-state index contributed by atoms with van der Waals surface area (Å²) in [6.07, 6.45) is -1.45. The minimum Gasteiger partial charge on any atom is -0.508 e. The van der Waals surface area contributed by atoms with Crippen LogP contribution in [0.5, 0.6) is 5.75 Å². The Morgan fingerprint density at radius 2 is 2.03 bits per heavy atom. The number of amides is 1. The van der Waals surface area contributed by atoms with Crippen LogP contribution in [0.25, 0.3) is 22.3 Å². The number of aromatic hydroxyl groups is 1. The van der Waals surface area contributed by atoms with Gasteiger partial charge in [-0.3, -0.25) is 14.8 Å². The van der Waals surface area contributed by atoms with Crippen LogP contribution >= 0.6 is 0 Å². The quantitative estimate of drug-likeness (QED) is 0.578. The Morgan fingerprint density at radius 3 is 2.62 bits per heavy atom. The molecule has 166 valence electrons. The number of fused-ring (bicyclic) bond motifs is 1. The third-order valence-electron chi connectivity index (χ3n) is 7.46. The molecule has 3 aliphatic rings. The highest BCUT2D eigenvalue weighted by Gasteiger charge is 2.63. The van der Waals surface area contributed by atoms with Crippen LogP contribution in [0.15, 0.2) is 30.3 Å². The highest BCUT2D eigenvalue weighted by Crippen LogP contribution is 2.57. The van der Waals surface area contributed by atoms with Crippen molar-refractivity contribution in [1.82, 2.24) is 25.4 Å². The first-order valence-corrected chi connectivity index (χ1v) is 10.6. The number of alkyl halides is 3. The van der Waals surface area contributed by atoms with E-state index < -0.39 is 17.8 Å². The van der Waals surface area contributed by atoms with Crippen molar-refractivity contribution < 1.29 is 23.1 Å². The first-order valence-electron chi connectivity index (χ1n) is 10.6. The van der Waals surface area contributed by atoms with Crippen molar-refractivity contribution in [3.63, 3.8) is 0 Å². The molecule has 10 heteroatoms. The summed E-state index contributed by atoms with van der Waals surface area (Å²) in [4.78, 5) is 20.0. The molecule has 2 saturated heterocycles. The third-order valence-corrected chi connectivity index (χ3v) is 7.46. The van der Waals surface area contributed by atoms with E-state index in [1.807, 2.05) is 5.10 Å². The van der Waals surface area contributed by atoms with Crippen molar-refractivity contribution in [3.8, 4) is 17.0 Å². The van der Waals surface area contributed by atoms with Gasteiger partial charge in [0.1, 0.15) is 11.4 Å². The van der Waals surface area contributed by atoms with E-state index in [1.54, 1.807) is 12.1 Å². The summed E-state index contributed by atoms with van der Waals surface area (Å²) in [6.45, 7) is 1.74. The molecule has 2 aliphatic heterocycles. The molecule has 3 fully saturated rings. The third kappa shape index (κ3) is 2.68. The molecule has 6 rings (SSSR count). The van der Waals surface area contributed by atoms with Gasteiger partial charge in [-0.15, -0.1) is 0 Å². The summed E-state index contributed by atoms with van der Waals surface area (Å²) in [5, 5.41) is 18.0. The predicted molar refractivity (Wildman–Crippen MR) is 109 cm³/mol. The predicted octanol–water partition coefficient (Wildman–Crippen LogP) is 3.32. The number of halogens is 3. The molecular formula is C22H20F3N5O2. The maximum Gasteiger partial charge on any atom is 0.433 e. The van der Waals surface area contributed by atoms with E-state index in [0.29, 0.717) is 17.2 Å². The number of hydrogen-bond donors (Lipinski definition) is 3. The van der Waals surface area contributed by atoms with Crippen molar-refractivity contribution in [2.45, 2.75) is 37.0 Å². The van der Waals surface area contributed by atoms with E-state index in [2.05, 4.69) is 20.3 Å². The topological polar surface area (TPSA) is 94.1 Å². The van der Waals surface area contributed by atoms with Crippen LogP contribution < -0.4 is 5.32 Å². The van der Waals surface area contributed by atoms with Crippen LogP contribution in [-0.4, -0.2) is 55.8 Å². The Morgan fingerprint density at radius 1 is 1.25 bits per heavy atom. The second kappa shape index (κ2) is 6.44. The van der Waals surface area contributed by atoms with Gasteiger partial charge in [-0.1, -0.05) is 0 Å². The number of aromatic amines is 1. The van der Waals surface area contributed by atoms with Gasteiger partial charge in [0.25, 0.3) is 5.91 Å². The van der Waals surface area contributed by atoms with Gasteiger partial charge in [0, 0.05) is 30.2 Å². The fourth-order valence-corrected chi connectivity index (χ4v) is 5.70. The van der Waals surface area contributed by atoms with Gasteiger partial charge in [-0.2, -0.15) is 18.3 Å². The van der Waals surface area contributed by atoms with E-state index in [0.717, 1.165) is 32.4 Å². The van der Waals surface area contributed by atoms with Gasteiger partial charge < -0.3 is 10.4 Å². The number of aromatic nitrogens is 3. The van der Waals surface area contributed by atoms with E-state index >= 15 is 0 Å². The van der Waals surface area contributed by atoms with Crippen LogP contribution in [0.1, 0.15) is 35.3 Å². The molecule has 1 amide bonds. The van der Waals surface area contributed by atoms with Crippen LogP contribution in [0.2, 0.25) is 0 Å². The number of carbonyl (C=O) groups excluding carboxylic acids is 1. The Bertz CT molecular complexity index is 1230. The molecule has 32 heavy (non-hydrogen) atoms. The molecule has 3 aromatic rings. The van der Waals surface area contributed by atoms with Crippen LogP contribution in [-0.2, 0) is 6.18 Å². The van der Waals surface area contributed by atoms with Gasteiger partial charge in [0.2, 0.25) is 0 Å². The lowest BCUT2D eigenvalue weighted by Gasteiger charge is -2.58. The number of phenolic OH excluding ortho intramolecular Hbond substituents is 1. The molecule has 4 heterocycles. The first-order chi connectivity index (χ1) is 15.3. The average Bonchev–Trinajstić information content (AvgIpc) is 3.19. The molecule has 0 bridgehead atoms. The molecule has 1 aromatic carbocycles. The molecule has 0 radical (unpaired) electrons. The number of pyridine rings is 1. The monoisotopic (exact) mass is 443 g/mol. The zero-order valence-corrected chi connectivity index (χ0v) is 16.9. The van der Waals surface area contributed by atoms with Gasteiger partial charge in [0.05, 0.1) is 16.6 Å². The molecule has 3 atom stereocenters. The zero-order chi connectivity index (χ0) is 22.3. The van der Waals surface area contributed by atoms with E-state index in [4.69, 9.17) is 0 Å². The number of carbonyl (C=O) groups is 1. The number of benzene rings is 1. The Hall–Kier alpha value is -3.14. The average molecular weight is 443 g/mol. The standard InChI is InChI=1S/C22H20F3N5O2/c23-22(24,25)18-17-13(20(32)27-16-10-30-8-7-21(30)6-5-14(16)21)9-15(26-19(17)29-28-18)11-1-3-12(31)4-2-11/h1-4,9,14,16,31H,5-8,10H2,(H,27,32)(H,26,28,29)/t14?,16-,21?/m1/s1. The molecule has 3 N–H and O–H groups in total. The second-order valence-electron chi connectivity index (χ2n) is 8.92. The van der Waals surface area contributed by atoms with Crippen molar-refractivity contribution in [3.05, 3.63) is 41.6 Å². The molecule has 1 saturated carbocycles. The Kier molecular flexibility index (Phi) is 3.93. The summed E-state index contributed by atoms with van der Waals surface area (Å²) in [7, 11) is 0. The minimum absolute atomic E-state index is 0.0483. The summed E-state index contributed by atoms with van der Waals surface area (Å²) in [6, 6.07) is 7.36. The number of hydrogen-bond acceptors (Lipinski definition) is 5. The number of nitrogens with one attached hydrogen (secondary N) is 2. The smallest absolute Gasteiger partial charge is 0.433 e. The summed E-state index contributed by atoms with van der Waals surface area (Å²) < 4.78 is 40.9. The van der Waals surface area contributed by atoms with E-state index in [9.17, 15) is 23.1 Å². The second-order valence-corrected chi connectivity index (χ2v) is 8.92. The van der Waals surface area contributed by atoms with Gasteiger partial charge in [-0.05, 0) is 55.5 Å². The fraction of sp³-hybridized carbons (Fsp3) is 0.409. The molecule has 2 unspecified atom stereocenters. The number of nitrogens with zero attached hydrogens (tertiary/aromatic N) is 3. The molecule has 7 nitrogen and oxygen atoms in total. The first kappa shape index (κ1) is 19.5. The van der Waals surface area contributed by atoms with Crippen LogP contribution in [0.3, 0.4) is 0 Å². The maximum atomic E-state index is 13.6. The van der Waals surface area contributed by atoms with Crippen molar-refractivity contribution >= 4 is 16.9 Å². The molecule has 1 spiro atoms. The normalized spacial score (nSPS) is 26.8. The van der Waals surface area contributed by atoms with Gasteiger partial charge in [0.15, 0.2) is 5.65 Å². The fourth-order valence-electron chi connectivity index (χ4n) is 5.70. The SMILES string of the molecule is O=C(N[C@@H]1CN2CCC23CCC13)c1cc(-c2ccc(O)cc2)nc2n[nH]c(C(F)(F)F)c12. The van der Waals surface area contributed by atoms with Gasteiger partial charge >= 0.3 is 6.18 Å². The van der Waals surface area contributed by atoms with Crippen molar-refractivity contribution in [2.75, 3.05) is 13.1 Å². The molecule has 2 aromatic heterocycles.